The molecule has 0 N–H and O–H groups in total. The van der Waals surface area contributed by atoms with E-state index < -0.39 is 0 Å². The summed E-state index contributed by atoms with van der Waals surface area (Å²) in [6.45, 7) is 5.31. The van der Waals surface area contributed by atoms with Crippen LogP contribution < -0.4 is 0 Å². The lowest BCUT2D eigenvalue weighted by Crippen LogP contribution is -2.42. The summed E-state index contributed by atoms with van der Waals surface area (Å²) in [5, 5.41) is 9.28. The Balaban J connectivity index is 1.45. The van der Waals surface area contributed by atoms with Crippen LogP contribution in [0.3, 0.4) is 0 Å². The molecule has 1 saturated heterocycles. The zero-order valence-electron chi connectivity index (χ0n) is 22.6. The van der Waals surface area contributed by atoms with E-state index in [1.165, 1.54) is 5.56 Å². The van der Waals surface area contributed by atoms with Gasteiger partial charge in [0.25, 0.3) is 0 Å². The molecule has 1 aliphatic rings. The number of nitrogens with zero attached hydrogens (tertiary/aromatic N) is 6. The highest BCUT2D eigenvalue weighted by atomic mass is 16.5. The number of para-hydroxylation sites is 1. The van der Waals surface area contributed by atoms with Gasteiger partial charge >= 0.3 is 0 Å². The molecule has 2 atom stereocenters. The van der Waals surface area contributed by atoms with Gasteiger partial charge in [-0.25, -0.2) is 4.68 Å². The number of hydrogen-bond acceptors (Lipinski definition) is 5. The van der Waals surface area contributed by atoms with Crippen molar-refractivity contribution in [3.05, 3.63) is 89.9 Å². The monoisotopic (exact) mass is 512 g/mol. The fraction of sp³-hybridized carbons (Fsp3) is 0.367. The third-order valence-corrected chi connectivity index (χ3v) is 7.64. The average Bonchev–Trinajstić information content (AvgIpc) is 3.65. The van der Waals surface area contributed by atoms with Crippen LogP contribution in [0, 0.1) is 6.92 Å². The van der Waals surface area contributed by atoms with Gasteiger partial charge in [0.15, 0.2) is 0 Å². The summed E-state index contributed by atoms with van der Waals surface area (Å²) in [6, 6.07) is 20.6. The van der Waals surface area contributed by atoms with Gasteiger partial charge in [-0.15, -0.1) is 0 Å². The van der Waals surface area contributed by atoms with Gasteiger partial charge < -0.3 is 9.64 Å². The molecule has 2 aromatic carbocycles. The minimum Gasteiger partial charge on any atom is -0.383 e. The van der Waals surface area contributed by atoms with Crippen LogP contribution in [-0.2, 0) is 23.0 Å². The second-order valence-corrected chi connectivity index (χ2v) is 10.1. The van der Waals surface area contributed by atoms with E-state index in [1.54, 1.807) is 11.8 Å². The Morgan fingerprint density at radius 3 is 2.45 bits per heavy atom. The number of carbonyl (C=O) groups excluding carboxylic acids is 1. The van der Waals surface area contributed by atoms with Crippen molar-refractivity contribution in [3.8, 4) is 16.9 Å². The molecule has 38 heavy (non-hydrogen) atoms. The fourth-order valence-electron chi connectivity index (χ4n) is 5.48. The summed E-state index contributed by atoms with van der Waals surface area (Å²) in [7, 11) is 5.58. The van der Waals surface area contributed by atoms with E-state index in [-0.39, 0.29) is 24.3 Å². The van der Waals surface area contributed by atoms with Crippen molar-refractivity contribution in [2.45, 2.75) is 25.3 Å². The molecule has 8 heteroatoms. The van der Waals surface area contributed by atoms with Gasteiger partial charge in [0.05, 0.1) is 42.3 Å². The summed E-state index contributed by atoms with van der Waals surface area (Å²) >= 11 is 0. The fourth-order valence-corrected chi connectivity index (χ4v) is 5.48. The number of carbonyl (C=O) groups is 1. The van der Waals surface area contributed by atoms with Crippen LogP contribution in [-0.4, -0.2) is 81.7 Å². The van der Waals surface area contributed by atoms with Crippen LogP contribution in [0.2, 0.25) is 0 Å². The van der Waals surface area contributed by atoms with E-state index in [2.05, 4.69) is 34.3 Å². The van der Waals surface area contributed by atoms with Crippen LogP contribution in [0.4, 0.5) is 0 Å². The van der Waals surface area contributed by atoms with Crippen molar-refractivity contribution in [1.29, 1.82) is 0 Å². The highest BCUT2D eigenvalue weighted by Crippen LogP contribution is 2.32. The van der Waals surface area contributed by atoms with E-state index in [0.29, 0.717) is 6.61 Å². The van der Waals surface area contributed by atoms with Crippen molar-refractivity contribution in [2.24, 2.45) is 7.05 Å². The number of hydrogen-bond donors (Lipinski definition) is 0. The molecular weight excluding hydrogens is 476 g/mol. The molecule has 0 radical (unpaired) electrons. The maximum Gasteiger partial charge on any atom is 0.228 e. The van der Waals surface area contributed by atoms with E-state index in [9.17, 15) is 4.79 Å². The third-order valence-electron chi connectivity index (χ3n) is 7.64. The maximum atomic E-state index is 13.9. The first-order valence-electron chi connectivity index (χ1n) is 13.1. The van der Waals surface area contributed by atoms with Gasteiger partial charge in [-0.3, -0.25) is 14.4 Å². The molecule has 0 unspecified atom stereocenters. The standard InChI is InChI=1S/C30H36N6O2/c1-22-27(36(25-13-9-6-10-14-25)32-30(22)24-18-31-33(2)19-24)17-29(37)34(3)28-21-35(15-16-38-4)20-26(28)23-11-7-5-8-12-23/h5-14,18-19,26,28H,15-17,20-21H2,1-4H3/t26-,28+/m0/s1. The van der Waals surface area contributed by atoms with Crippen LogP contribution >= 0.6 is 0 Å². The number of aryl methyl sites for hydroxylation is 1. The topological polar surface area (TPSA) is 68.4 Å². The van der Waals surface area contributed by atoms with Gasteiger partial charge in [0.2, 0.25) is 5.91 Å². The summed E-state index contributed by atoms with van der Waals surface area (Å²) < 4.78 is 9.02. The highest BCUT2D eigenvalue weighted by Gasteiger charge is 2.38. The van der Waals surface area contributed by atoms with Crippen molar-refractivity contribution in [3.63, 3.8) is 0 Å². The summed E-state index contributed by atoms with van der Waals surface area (Å²) in [4.78, 5) is 18.3. The van der Waals surface area contributed by atoms with E-state index >= 15 is 0 Å². The Morgan fingerprint density at radius 1 is 1.08 bits per heavy atom. The minimum absolute atomic E-state index is 0.0768. The zero-order valence-corrected chi connectivity index (χ0v) is 22.6. The number of benzene rings is 2. The quantitative estimate of drug-likeness (QED) is 0.342. The normalized spacial score (nSPS) is 17.7. The Kier molecular flexibility index (Phi) is 7.72. The number of rotatable bonds is 9. The highest BCUT2D eigenvalue weighted by molar-refractivity contribution is 5.80. The number of likely N-dealkylation sites (tertiary alicyclic amines) is 1. The molecule has 1 amide bonds. The van der Waals surface area contributed by atoms with E-state index in [1.807, 2.05) is 79.4 Å². The average molecular weight is 513 g/mol. The lowest BCUT2D eigenvalue weighted by Gasteiger charge is -2.29. The third kappa shape index (κ3) is 5.28. The lowest BCUT2D eigenvalue weighted by atomic mass is 9.93. The number of likely N-dealkylation sites (N-methyl/N-ethyl adjacent to an activating group) is 1. The van der Waals surface area contributed by atoms with Crippen LogP contribution in [0.25, 0.3) is 16.9 Å². The van der Waals surface area contributed by atoms with Gasteiger partial charge in [-0.1, -0.05) is 48.5 Å². The van der Waals surface area contributed by atoms with Crippen LogP contribution in [0.1, 0.15) is 22.7 Å². The summed E-state index contributed by atoms with van der Waals surface area (Å²) in [5.41, 5.74) is 5.89. The van der Waals surface area contributed by atoms with Crippen LogP contribution in [0.5, 0.6) is 0 Å². The van der Waals surface area contributed by atoms with Crippen molar-refractivity contribution >= 4 is 5.91 Å². The zero-order chi connectivity index (χ0) is 26.6. The number of ether oxygens (including phenoxy) is 1. The summed E-state index contributed by atoms with van der Waals surface area (Å²) in [5.74, 6) is 0.329. The lowest BCUT2D eigenvalue weighted by molar-refractivity contribution is -0.131. The molecule has 5 rings (SSSR count). The second-order valence-electron chi connectivity index (χ2n) is 10.1. The Morgan fingerprint density at radius 2 is 1.79 bits per heavy atom. The molecule has 0 aliphatic carbocycles. The Labute approximate surface area is 224 Å². The van der Waals surface area contributed by atoms with Crippen molar-refractivity contribution in [1.82, 2.24) is 29.4 Å². The smallest absolute Gasteiger partial charge is 0.228 e. The molecular formula is C30H36N6O2. The predicted octanol–water partition coefficient (Wildman–Crippen LogP) is 3.70. The summed E-state index contributed by atoms with van der Waals surface area (Å²) in [6.07, 6.45) is 4.04. The number of methoxy groups -OCH3 is 1. The molecule has 0 saturated carbocycles. The van der Waals surface area contributed by atoms with Crippen molar-refractivity contribution in [2.75, 3.05) is 40.4 Å². The first-order chi connectivity index (χ1) is 18.5. The number of amides is 1. The molecule has 8 nitrogen and oxygen atoms in total. The molecule has 3 heterocycles. The first kappa shape index (κ1) is 25.9. The Bertz CT molecular complexity index is 1360. The largest absolute Gasteiger partial charge is 0.383 e. The predicted molar refractivity (Wildman–Crippen MR) is 148 cm³/mol. The van der Waals surface area contributed by atoms with E-state index in [4.69, 9.17) is 9.84 Å². The molecule has 4 aromatic rings. The van der Waals surface area contributed by atoms with Crippen molar-refractivity contribution < 1.29 is 9.53 Å². The first-order valence-corrected chi connectivity index (χ1v) is 13.1. The van der Waals surface area contributed by atoms with Gasteiger partial charge in [-0.2, -0.15) is 10.2 Å². The molecule has 2 aromatic heterocycles. The molecule has 0 bridgehead atoms. The second kappa shape index (κ2) is 11.3. The van der Waals surface area contributed by atoms with Gasteiger partial charge in [0.1, 0.15) is 0 Å². The minimum atomic E-state index is 0.0768. The van der Waals surface area contributed by atoms with Gasteiger partial charge in [0, 0.05) is 58.5 Å². The number of aromatic nitrogens is 4. The Hall–Kier alpha value is -3.75. The van der Waals surface area contributed by atoms with Gasteiger partial charge in [-0.05, 0) is 30.2 Å². The molecule has 1 fully saturated rings. The molecule has 0 spiro atoms. The maximum absolute atomic E-state index is 13.9. The molecule has 1 aliphatic heterocycles. The molecule has 198 valence electrons. The SMILES string of the molecule is COCCN1C[C@@H](N(C)C(=O)Cc2c(C)c(-c3cnn(C)c3)nn2-c2ccccc2)[C@H](c2ccccc2)C1. The van der Waals surface area contributed by atoms with E-state index in [0.717, 1.165) is 47.8 Å². The van der Waals surface area contributed by atoms with Crippen LogP contribution in [0.15, 0.2) is 73.1 Å².